The molecule has 4 nitrogen and oxygen atoms in total. The van der Waals surface area contributed by atoms with Crippen LogP contribution in [0.1, 0.15) is 0 Å². The highest BCUT2D eigenvalue weighted by Crippen LogP contribution is 2.15. The van der Waals surface area contributed by atoms with Crippen LogP contribution in [0.5, 0.6) is 5.75 Å². The molecule has 1 rings (SSSR count). The lowest BCUT2D eigenvalue weighted by atomic mass is 10.3. The molecule has 0 aromatic heterocycles. The van der Waals surface area contributed by atoms with Crippen molar-refractivity contribution in [2.24, 2.45) is 0 Å². The van der Waals surface area contributed by atoms with E-state index in [1.54, 1.807) is 12.1 Å². The molecule has 1 amide bonds. The maximum Gasteiger partial charge on any atom is 0.415 e. The smallest absolute Gasteiger partial charge is 0.407 e. The fourth-order valence-electron chi connectivity index (χ4n) is 0.870. The lowest BCUT2D eigenvalue weighted by molar-refractivity contribution is 0.166. The van der Waals surface area contributed by atoms with Gasteiger partial charge in [0.2, 0.25) is 0 Å². The highest BCUT2D eigenvalue weighted by atomic mass is 19.1. The van der Waals surface area contributed by atoms with Crippen molar-refractivity contribution in [2.45, 2.75) is 0 Å². The number of hydrogen-bond acceptors (Lipinski definition) is 3. The van der Waals surface area contributed by atoms with Crippen molar-refractivity contribution in [3.8, 4) is 11.8 Å². The number of nitrogens with zero attached hydrogens (tertiary/aromatic N) is 2. The SMILES string of the molecule is CN(CC#N)C(=O)Oc1ccccc1F. The van der Waals surface area contributed by atoms with Crippen molar-refractivity contribution in [2.75, 3.05) is 13.6 Å². The minimum atomic E-state index is -0.762. The molecule has 1 aromatic carbocycles. The first-order chi connectivity index (χ1) is 7.15. The molecule has 0 saturated carbocycles. The first kappa shape index (κ1) is 11.0. The average molecular weight is 208 g/mol. The first-order valence-corrected chi connectivity index (χ1v) is 4.19. The molecular formula is C10H9FN2O2. The van der Waals surface area contributed by atoms with Gasteiger partial charge in [-0.1, -0.05) is 12.1 Å². The molecule has 78 valence electrons. The third-order valence-corrected chi connectivity index (χ3v) is 1.65. The molecule has 0 aliphatic carbocycles. The first-order valence-electron chi connectivity index (χ1n) is 4.19. The van der Waals surface area contributed by atoms with Gasteiger partial charge >= 0.3 is 6.09 Å². The van der Waals surface area contributed by atoms with E-state index in [1.165, 1.54) is 25.2 Å². The van der Waals surface area contributed by atoms with E-state index in [0.717, 1.165) is 4.90 Å². The van der Waals surface area contributed by atoms with E-state index in [2.05, 4.69) is 0 Å². The average Bonchev–Trinajstić information content (AvgIpc) is 2.21. The second-order valence-electron chi connectivity index (χ2n) is 2.81. The zero-order valence-electron chi connectivity index (χ0n) is 8.11. The van der Waals surface area contributed by atoms with E-state index in [9.17, 15) is 9.18 Å². The maximum atomic E-state index is 13.0. The predicted octanol–water partition coefficient (Wildman–Crippen LogP) is 1.78. The van der Waals surface area contributed by atoms with E-state index in [-0.39, 0.29) is 12.3 Å². The Morgan fingerprint density at radius 3 is 2.87 bits per heavy atom. The fraction of sp³-hybridized carbons (Fsp3) is 0.200. The summed E-state index contributed by atoms with van der Waals surface area (Å²) in [5.74, 6) is -0.761. The summed E-state index contributed by atoms with van der Waals surface area (Å²) in [6, 6.07) is 7.35. The third-order valence-electron chi connectivity index (χ3n) is 1.65. The van der Waals surface area contributed by atoms with Crippen LogP contribution in [-0.4, -0.2) is 24.6 Å². The number of hydrogen-bond donors (Lipinski definition) is 0. The zero-order chi connectivity index (χ0) is 11.3. The van der Waals surface area contributed by atoms with Crippen LogP contribution < -0.4 is 4.74 Å². The number of carbonyl (C=O) groups excluding carboxylic acids is 1. The number of nitriles is 1. The topological polar surface area (TPSA) is 53.3 Å². The Bertz CT molecular complexity index is 401. The van der Waals surface area contributed by atoms with Gasteiger partial charge in [0.1, 0.15) is 6.54 Å². The monoisotopic (exact) mass is 208 g/mol. The molecule has 0 aliphatic rings. The highest BCUT2D eigenvalue weighted by Gasteiger charge is 2.12. The number of para-hydroxylation sites is 1. The van der Waals surface area contributed by atoms with Gasteiger partial charge in [-0.3, -0.25) is 4.90 Å². The van der Waals surface area contributed by atoms with Gasteiger partial charge in [0.25, 0.3) is 0 Å². The molecule has 15 heavy (non-hydrogen) atoms. The molecule has 5 heteroatoms. The molecule has 0 spiro atoms. The van der Waals surface area contributed by atoms with Gasteiger partial charge in [0.15, 0.2) is 11.6 Å². The summed E-state index contributed by atoms with van der Waals surface area (Å²) in [6.07, 6.45) is -0.762. The largest absolute Gasteiger partial charge is 0.415 e. The Balaban J connectivity index is 2.67. The Hall–Kier alpha value is -2.09. The molecular weight excluding hydrogens is 199 g/mol. The summed E-state index contributed by atoms with van der Waals surface area (Å²) >= 11 is 0. The second-order valence-corrected chi connectivity index (χ2v) is 2.81. The van der Waals surface area contributed by atoms with Crippen LogP contribution in [0.25, 0.3) is 0 Å². The molecule has 0 bridgehead atoms. The van der Waals surface area contributed by atoms with Crippen molar-refractivity contribution in [3.05, 3.63) is 30.1 Å². The lowest BCUT2D eigenvalue weighted by Gasteiger charge is -2.12. The van der Waals surface area contributed by atoms with Crippen LogP contribution in [-0.2, 0) is 0 Å². The quantitative estimate of drug-likeness (QED) is 0.696. The van der Waals surface area contributed by atoms with Crippen LogP contribution in [0.4, 0.5) is 9.18 Å². The van der Waals surface area contributed by atoms with Crippen molar-refractivity contribution in [3.63, 3.8) is 0 Å². The number of carbonyl (C=O) groups is 1. The summed E-state index contributed by atoms with van der Waals surface area (Å²) in [4.78, 5) is 12.3. The zero-order valence-corrected chi connectivity index (χ0v) is 8.11. The van der Waals surface area contributed by atoms with Gasteiger partial charge in [-0.05, 0) is 12.1 Å². The van der Waals surface area contributed by atoms with E-state index >= 15 is 0 Å². The maximum absolute atomic E-state index is 13.0. The van der Waals surface area contributed by atoms with E-state index < -0.39 is 11.9 Å². The van der Waals surface area contributed by atoms with E-state index in [0.29, 0.717) is 0 Å². The molecule has 1 aromatic rings. The Morgan fingerprint density at radius 1 is 1.60 bits per heavy atom. The molecule has 0 atom stereocenters. The number of halogens is 1. The summed E-state index contributed by atoms with van der Waals surface area (Å²) in [5.41, 5.74) is 0. The molecule has 0 saturated heterocycles. The molecule has 0 unspecified atom stereocenters. The number of ether oxygens (including phenoxy) is 1. The summed E-state index contributed by atoms with van der Waals surface area (Å²) in [5, 5.41) is 8.33. The van der Waals surface area contributed by atoms with Crippen LogP contribution >= 0.6 is 0 Å². The molecule has 0 radical (unpaired) electrons. The molecule has 0 N–H and O–H groups in total. The van der Waals surface area contributed by atoms with Crippen LogP contribution in [0.15, 0.2) is 24.3 Å². The number of benzene rings is 1. The van der Waals surface area contributed by atoms with E-state index in [1.807, 2.05) is 0 Å². The summed E-state index contributed by atoms with van der Waals surface area (Å²) in [6.45, 7) is -0.104. The number of rotatable bonds is 2. The van der Waals surface area contributed by atoms with Gasteiger partial charge in [-0.25, -0.2) is 9.18 Å². The van der Waals surface area contributed by atoms with Crippen LogP contribution in [0.2, 0.25) is 0 Å². The van der Waals surface area contributed by atoms with Crippen LogP contribution in [0, 0.1) is 17.1 Å². The second kappa shape index (κ2) is 4.96. The normalized spacial score (nSPS) is 9.13. The standard InChI is InChI=1S/C10H9FN2O2/c1-13(7-6-12)10(14)15-9-5-3-2-4-8(9)11/h2-5H,7H2,1H3. The van der Waals surface area contributed by atoms with Gasteiger partial charge in [-0.2, -0.15) is 5.26 Å². The van der Waals surface area contributed by atoms with Crippen molar-refractivity contribution < 1.29 is 13.9 Å². The third kappa shape index (κ3) is 2.95. The Kier molecular flexibility index (Phi) is 3.63. The molecule has 0 heterocycles. The highest BCUT2D eigenvalue weighted by molar-refractivity contribution is 5.70. The summed E-state index contributed by atoms with van der Waals surface area (Å²) in [7, 11) is 1.40. The van der Waals surface area contributed by atoms with Gasteiger partial charge in [0.05, 0.1) is 6.07 Å². The summed E-state index contributed by atoms with van der Waals surface area (Å²) < 4.78 is 17.8. The molecule has 0 aliphatic heterocycles. The fourth-order valence-corrected chi connectivity index (χ4v) is 0.870. The predicted molar refractivity (Wildman–Crippen MR) is 50.7 cm³/mol. The minimum absolute atomic E-state index is 0.104. The Labute approximate surface area is 86.5 Å². The van der Waals surface area contributed by atoms with Crippen molar-refractivity contribution >= 4 is 6.09 Å². The number of amides is 1. The van der Waals surface area contributed by atoms with Gasteiger partial charge in [0, 0.05) is 7.05 Å². The van der Waals surface area contributed by atoms with Crippen molar-refractivity contribution in [1.29, 1.82) is 5.26 Å². The van der Waals surface area contributed by atoms with Crippen molar-refractivity contribution in [1.82, 2.24) is 4.90 Å². The lowest BCUT2D eigenvalue weighted by Crippen LogP contribution is -2.30. The van der Waals surface area contributed by atoms with Gasteiger partial charge < -0.3 is 4.74 Å². The Morgan fingerprint density at radius 2 is 2.27 bits per heavy atom. The minimum Gasteiger partial charge on any atom is -0.407 e. The van der Waals surface area contributed by atoms with Gasteiger partial charge in [-0.15, -0.1) is 0 Å². The van der Waals surface area contributed by atoms with Crippen LogP contribution in [0.3, 0.4) is 0 Å². The molecule has 0 fully saturated rings. The van der Waals surface area contributed by atoms with E-state index in [4.69, 9.17) is 10.00 Å².